The maximum absolute atomic E-state index is 11.7. The molecule has 2 aromatic rings. The minimum absolute atomic E-state index is 0.0230. The first-order valence-corrected chi connectivity index (χ1v) is 7.69. The number of carbonyl (C=O) groups excluding carboxylic acids is 1. The second-order valence-corrected chi connectivity index (χ2v) is 6.62. The van der Waals surface area contributed by atoms with Crippen LogP contribution >= 0.6 is 0 Å². The Balaban J connectivity index is 1.76. The highest BCUT2D eigenvalue weighted by atomic mass is 16.5. The van der Waals surface area contributed by atoms with Gasteiger partial charge in [0.15, 0.2) is 0 Å². The van der Waals surface area contributed by atoms with Crippen molar-refractivity contribution in [2.24, 2.45) is 5.41 Å². The van der Waals surface area contributed by atoms with Gasteiger partial charge in [-0.05, 0) is 24.0 Å². The number of fused-ring (bicyclic) bond motifs is 1. The Morgan fingerprint density at radius 1 is 1.23 bits per heavy atom. The molecule has 0 atom stereocenters. The second kappa shape index (κ2) is 7.25. The summed E-state index contributed by atoms with van der Waals surface area (Å²) >= 11 is 0. The molecule has 1 amide bonds. The lowest BCUT2D eigenvalue weighted by atomic mass is 9.92. The first-order valence-electron chi connectivity index (χ1n) is 7.69. The molecular weight excluding hydrogens is 276 g/mol. The third kappa shape index (κ3) is 5.02. The fourth-order valence-corrected chi connectivity index (χ4v) is 2.22. The van der Waals surface area contributed by atoms with Crippen molar-refractivity contribution in [3.63, 3.8) is 0 Å². The smallest absolute Gasteiger partial charge is 0.220 e. The zero-order valence-corrected chi connectivity index (χ0v) is 13.6. The van der Waals surface area contributed by atoms with Crippen LogP contribution in [0.15, 0.2) is 36.5 Å². The summed E-state index contributed by atoms with van der Waals surface area (Å²) in [5.74, 6) is 0.887. The summed E-state index contributed by atoms with van der Waals surface area (Å²) in [6, 6.07) is 9.83. The van der Waals surface area contributed by atoms with Gasteiger partial charge in [0.25, 0.3) is 0 Å². The van der Waals surface area contributed by atoms with Crippen LogP contribution in [0.3, 0.4) is 0 Å². The topological polar surface area (TPSA) is 51.2 Å². The molecule has 0 aliphatic rings. The standard InChI is InChI=1S/C18H24N2O2/c1-18(2,3)13-16(21)19-11-6-12-22-15-9-4-7-14-8-5-10-20-17(14)15/h4-5,7-10H,6,11-13H2,1-3H3,(H,19,21). The number of rotatable bonds is 6. The molecule has 0 fully saturated rings. The monoisotopic (exact) mass is 300 g/mol. The molecule has 0 spiro atoms. The van der Waals surface area contributed by atoms with Crippen molar-refractivity contribution >= 4 is 16.8 Å². The van der Waals surface area contributed by atoms with Crippen molar-refractivity contribution in [3.05, 3.63) is 36.5 Å². The molecule has 4 heteroatoms. The molecule has 1 aromatic carbocycles. The van der Waals surface area contributed by atoms with Gasteiger partial charge in [0, 0.05) is 24.5 Å². The molecule has 2 rings (SSSR count). The summed E-state index contributed by atoms with van der Waals surface area (Å²) in [6.45, 7) is 7.37. The van der Waals surface area contributed by atoms with E-state index in [9.17, 15) is 4.79 Å². The minimum Gasteiger partial charge on any atom is -0.491 e. The number of benzene rings is 1. The average molecular weight is 300 g/mol. The molecule has 0 saturated carbocycles. The van der Waals surface area contributed by atoms with Crippen LogP contribution in [0.5, 0.6) is 5.75 Å². The molecule has 118 valence electrons. The lowest BCUT2D eigenvalue weighted by Gasteiger charge is -2.17. The first kappa shape index (κ1) is 16.3. The maximum atomic E-state index is 11.7. The van der Waals surface area contributed by atoms with Crippen LogP contribution in [0.1, 0.15) is 33.6 Å². The number of carbonyl (C=O) groups is 1. The van der Waals surface area contributed by atoms with Gasteiger partial charge in [-0.2, -0.15) is 0 Å². The van der Waals surface area contributed by atoms with E-state index < -0.39 is 0 Å². The van der Waals surface area contributed by atoms with Crippen molar-refractivity contribution in [2.45, 2.75) is 33.6 Å². The number of aromatic nitrogens is 1. The number of amides is 1. The Hall–Kier alpha value is -2.10. The Labute approximate surface area is 131 Å². The zero-order valence-electron chi connectivity index (χ0n) is 13.6. The predicted molar refractivity (Wildman–Crippen MR) is 88.9 cm³/mol. The van der Waals surface area contributed by atoms with Crippen molar-refractivity contribution in [3.8, 4) is 5.75 Å². The van der Waals surface area contributed by atoms with Gasteiger partial charge >= 0.3 is 0 Å². The van der Waals surface area contributed by atoms with E-state index in [1.807, 2.05) is 30.3 Å². The van der Waals surface area contributed by atoms with Gasteiger partial charge in [0.05, 0.1) is 6.61 Å². The van der Waals surface area contributed by atoms with E-state index in [1.54, 1.807) is 6.20 Å². The van der Waals surface area contributed by atoms with Gasteiger partial charge in [-0.3, -0.25) is 9.78 Å². The number of pyridine rings is 1. The molecule has 1 N–H and O–H groups in total. The lowest BCUT2D eigenvalue weighted by Crippen LogP contribution is -2.29. The van der Waals surface area contributed by atoms with Gasteiger partial charge in [0.2, 0.25) is 5.91 Å². The number of nitrogens with zero attached hydrogens (tertiary/aromatic N) is 1. The fraction of sp³-hybridized carbons (Fsp3) is 0.444. The van der Waals surface area contributed by atoms with Crippen molar-refractivity contribution < 1.29 is 9.53 Å². The Morgan fingerprint density at radius 2 is 2.00 bits per heavy atom. The quantitative estimate of drug-likeness (QED) is 0.830. The van der Waals surface area contributed by atoms with Crippen molar-refractivity contribution in [2.75, 3.05) is 13.2 Å². The van der Waals surface area contributed by atoms with Gasteiger partial charge < -0.3 is 10.1 Å². The van der Waals surface area contributed by atoms with E-state index >= 15 is 0 Å². The highest BCUT2D eigenvalue weighted by Gasteiger charge is 2.15. The summed E-state index contributed by atoms with van der Waals surface area (Å²) in [4.78, 5) is 16.1. The summed E-state index contributed by atoms with van der Waals surface area (Å²) in [5, 5.41) is 4.00. The van der Waals surface area contributed by atoms with Crippen LogP contribution < -0.4 is 10.1 Å². The normalized spacial score (nSPS) is 11.4. The number of ether oxygens (including phenoxy) is 1. The summed E-state index contributed by atoms with van der Waals surface area (Å²) in [6.07, 6.45) is 3.09. The van der Waals surface area contributed by atoms with E-state index in [-0.39, 0.29) is 11.3 Å². The molecule has 1 heterocycles. The molecule has 0 aliphatic carbocycles. The van der Waals surface area contributed by atoms with E-state index in [0.717, 1.165) is 23.1 Å². The molecule has 0 unspecified atom stereocenters. The maximum Gasteiger partial charge on any atom is 0.220 e. The van der Waals surface area contributed by atoms with Crippen LogP contribution in [0.25, 0.3) is 10.9 Å². The molecule has 1 aromatic heterocycles. The number of hydrogen-bond acceptors (Lipinski definition) is 3. The van der Waals surface area contributed by atoms with E-state index in [4.69, 9.17) is 4.74 Å². The van der Waals surface area contributed by atoms with Crippen molar-refractivity contribution in [1.29, 1.82) is 0 Å². The molecule has 0 aliphatic heterocycles. The van der Waals surface area contributed by atoms with E-state index in [0.29, 0.717) is 19.6 Å². The van der Waals surface area contributed by atoms with Gasteiger partial charge in [-0.15, -0.1) is 0 Å². The van der Waals surface area contributed by atoms with Crippen LogP contribution in [-0.4, -0.2) is 24.0 Å². The van der Waals surface area contributed by atoms with Gasteiger partial charge in [-0.1, -0.05) is 39.0 Å². The second-order valence-electron chi connectivity index (χ2n) is 6.62. The lowest BCUT2D eigenvalue weighted by molar-refractivity contribution is -0.122. The van der Waals surface area contributed by atoms with Gasteiger partial charge in [0.1, 0.15) is 11.3 Å². The summed E-state index contributed by atoms with van der Waals surface area (Å²) in [5.41, 5.74) is 0.900. The molecule has 0 saturated heterocycles. The van der Waals surface area contributed by atoms with E-state index in [2.05, 4.69) is 31.1 Å². The molecule has 22 heavy (non-hydrogen) atoms. The average Bonchev–Trinajstić information content (AvgIpc) is 2.45. The molecular formula is C18H24N2O2. The van der Waals surface area contributed by atoms with Crippen LogP contribution in [0, 0.1) is 5.41 Å². The Kier molecular flexibility index (Phi) is 5.36. The molecule has 0 radical (unpaired) electrons. The number of nitrogens with one attached hydrogen (secondary N) is 1. The first-order chi connectivity index (χ1) is 10.5. The zero-order chi connectivity index (χ0) is 16.0. The number of para-hydroxylation sites is 1. The predicted octanol–water partition coefficient (Wildman–Crippen LogP) is 3.56. The number of hydrogen-bond donors (Lipinski definition) is 1. The highest BCUT2D eigenvalue weighted by Crippen LogP contribution is 2.22. The third-order valence-corrected chi connectivity index (χ3v) is 3.19. The Bertz CT molecular complexity index is 627. The largest absolute Gasteiger partial charge is 0.491 e. The van der Waals surface area contributed by atoms with Crippen LogP contribution in [0.4, 0.5) is 0 Å². The Morgan fingerprint density at radius 3 is 2.77 bits per heavy atom. The van der Waals surface area contributed by atoms with Crippen LogP contribution in [-0.2, 0) is 4.79 Å². The summed E-state index contributed by atoms with van der Waals surface area (Å²) < 4.78 is 5.79. The minimum atomic E-state index is 0.0230. The third-order valence-electron chi connectivity index (χ3n) is 3.19. The van der Waals surface area contributed by atoms with Crippen molar-refractivity contribution in [1.82, 2.24) is 10.3 Å². The van der Waals surface area contributed by atoms with E-state index in [1.165, 1.54) is 0 Å². The highest BCUT2D eigenvalue weighted by molar-refractivity contribution is 5.84. The van der Waals surface area contributed by atoms with Gasteiger partial charge in [-0.25, -0.2) is 0 Å². The fourth-order valence-electron chi connectivity index (χ4n) is 2.22. The van der Waals surface area contributed by atoms with Crippen LogP contribution in [0.2, 0.25) is 0 Å². The molecule has 0 bridgehead atoms. The summed E-state index contributed by atoms with van der Waals surface area (Å²) in [7, 11) is 0. The SMILES string of the molecule is CC(C)(C)CC(=O)NCCCOc1cccc2cccnc12. The molecule has 4 nitrogen and oxygen atoms in total.